The molecule has 0 atom stereocenters. The SMILES string of the molecule is CO[Si](C/C1=C/C=C\CCCC1)(C/C1=C/C=C\CCCC1)OC. The highest BCUT2D eigenvalue weighted by atomic mass is 28.4. The van der Waals surface area contributed by atoms with Gasteiger partial charge in [-0.15, -0.1) is 0 Å². The molecule has 0 aromatic heterocycles. The van der Waals surface area contributed by atoms with Gasteiger partial charge in [0, 0.05) is 26.3 Å². The first kappa shape index (κ1) is 18.4. The molecule has 23 heavy (non-hydrogen) atoms. The minimum Gasteiger partial charge on any atom is -0.397 e. The van der Waals surface area contributed by atoms with Gasteiger partial charge in [0.05, 0.1) is 0 Å². The molecule has 0 saturated heterocycles. The van der Waals surface area contributed by atoms with Gasteiger partial charge in [-0.25, -0.2) is 0 Å². The van der Waals surface area contributed by atoms with Crippen LogP contribution in [0.15, 0.2) is 47.6 Å². The molecule has 0 aromatic rings. The summed E-state index contributed by atoms with van der Waals surface area (Å²) in [4.78, 5) is 0. The third-order valence-corrected chi connectivity index (χ3v) is 8.38. The predicted molar refractivity (Wildman–Crippen MR) is 101 cm³/mol. The number of hydrogen-bond acceptors (Lipinski definition) is 2. The van der Waals surface area contributed by atoms with Crippen molar-refractivity contribution in [2.24, 2.45) is 0 Å². The van der Waals surface area contributed by atoms with Crippen molar-refractivity contribution in [3.63, 3.8) is 0 Å². The molecule has 2 aliphatic rings. The van der Waals surface area contributed by atoms with Crippen LogP contribution >= 0.6 is 0 Å². The zero-order valence-electron chi connectivity index (χ0n) is 14.9. The van der Waals surface area contributed by atoms with Gasteiger partial charge in [-0.05, 0) is 51.4 Å². The van der Waals surface area contributed by atoms with Crippen molar-refractivity contribution >= 4 is 8.56 Å². The summed E-state index contributed by atoms with van der Waals surface area (Å²) in [5.74, 6) is 0. The van der Waals surface area contributed by atoms with E-state index >= 15 is 0 Å². The monoisotopic (exact) mass is 332 g/mol. The number of rotatable bonds is 6. The number of hydrogen-bond donors (Lipinski definition) is 0. The highest BCUT2D eigenvalue weighted by Gasteiger charge is 2.37. The molecule has 0 fully saturated rings. The Morgan fingerprint density at radius 2 is 1.26 bits per heavy atom. The van der Waals surface area contributed by atoms with Gasteiger partial charge in [-0.3, -0.25) is 0 Å². The Hall–Kier alpha value is -0.903. The molecule has 0 aliphatic heterocycles. The van der Waals surface area contributed by atoms with Crippen LogP contribution in [0.4, 0.5) is 0 Å². The van der Waals surface area contributed by atoms with E-state index in [0.717, 1.165) is 12.1 Å². The van der Waals surface area contributed by atoms with Crippen molar-refractivity contribution in [1.82, 2.24) is 0 Å². The lowest BCUT2D eigenvalue weighted by Crippen LogP contribution is -2.40. The lowest BCUT2D eigenvalue weighted by molar-refractivity contribution is 0.246. The molecule has 0 aromatic carbocycles. The van der Waals surface area contributed by atoms with Crippen LogP contribution in [0.25, 0.3) is 0 Å². The predicted octanol–water partition coefficient (Wildman–Crippen LogP) is 5.83. The third kappa shape index (κ3) is 6.25. The second-order valence-corrected chi connectivity index (χ2v) is 10.0. The average molecular weight is 333 g/mol. The third-order valence-electron chi connectivity index (χ3n) is 4.91. The molecule has 0 radical (unpaired) electrons. The first-order chi connectivity index (χ1) is 11.3. The van der Waals surface area contributed by atoms with E-state index in [4.69, 9.17) is 8.85 Å². The van der Waals surface area contributed by atoms with E-state index in [2.05, 4.69) is 36.5 Å². The zero-order valence-corrected chi connectivity index (χ0v) is 15.9. The molecule has 128 valence electrons. The summed E-state index contributed by atoms with van der Waals surface area (Å²) in [5.41, 5.74) is 3.00. The molecule has 0 amide bonds. The summed E-state index contributed by atoms with van der Waals surface area (Å²) in [6, 6.07) is 1.98. The second-order valence-electron chi connectivity index (χ2n) is 6.67. The maximum atomic E-state index is 6.02. The summed E-state index contributed by atoms with van der Waals surface area (Å²) in [6.07, 6.45) is 23.5. The fourth-order valence-corrected chi connectivity index (χ4v) is 6.26. The van der Waals surface area contributed by atoms with E-state index in [1.165, 1.54) is 62.5 Å². The summed E-state index contributed by atoms with van der Waals surface area (Å²) >= 11 is 0. The van der Waals surface area contributed by atoms with E-state index in [9.17, 15) is 0 Å². The smallest absolute Gasteiger partial charge is 0.345 e. The van der Waals surface area contributed by atoms with E-state index in [0.29, 0.717) is 0 Å². The Labute approximate surface area is 143 Å². The Bertz CT molecular complexity index is 430. The van der Waals surface area contributed by atoms with E-state index in [1.54, 1.807) is 0 Å². The van der Waals surface area contributed by atoms with E-state index in [-0.39, 0.29) is 0 Å². The van der Waals surface area contributed by atoms with Crippen molar-refractivity contribution in [1.29, 1.82) is 0 Å². The lowest BCUT2D eigenvalue weighted by atomic mass is 10.1. The zero-order chi connectivity index (χ0) is 16.4. The molecule has 0 spiro atoms. The van der Waals surface area contributed by atoms with Crippen LogP contribution in [0, 0.1) is 0 Å². The molecule has 3 heteroatoms. The minimum atomic E-state index is -2.20. The van der Waals surface area contributed by atoms with Crippen LogP contribution in [-0.4, -0.2) is 22.8 Å². The van der Waals surface area contributed by atoms with E-state index in [1.807, 2.05) is 14.2 Å². The molecule has 0 N–H and O–H groups in total. The Morgan fingerprint density at radius 3 is 1.70 bits per heavy atom. The maximum Gasteiger partial charge on any atom is 0.345 e. The molecule has 0 bridgehead atoms. The normalized spacial score (nSPS) is 27.4. The van der Waals surface area contributed by atoms with Crippen molar-refractivity contribution in [3.05, 3.63) is 47.6 Å². The van der Waals surface area contributed by atoms with Crippen LogP contribution in [0.1, 0.15) is 51.4 Å². The Balaban J connectivity index is 2.10. The summed E-state index contributed by atoms with van der Waals surface area (Å²) in [5, 5.41) is 0. The van der Waals surface area contributed by atoms with Crippen LogP contribution in [-0.2, 0) is 8.85 Å². The summed E-state index contributed by atoms with van der Waals surface area (Å²) in [6.45, 7) is 0. The number of allylic oxidation sites excluding steroid dienone is 8. The standard InChI is InChI=1S/C20H32O2Si/c1-21-23(22-2,17-19-13-9-5-3-6-10-14-19)18-20-15-11-7-4-8-12-16-20/h5,7,9,11,13,15H,3-4,6,8,10,12,14,16-18H2,1-2H3/b9-5-,11-7-,19-13+,20-15+. The quantitative estimate of drug-likeness (QED) is 0.569. The Kier molecular flexibility index (Phi) is 8.07. The van der Waals surface area contributed by atoms with Gasteiger partial charge in [0.1, 0.15) is 0 Å². The molecule has 2 aliphatic carbocycles. The van der Waals surface area contributed by atoms with E-state index < -0.39 is 8.56 Å². The van der Waals surface area contributed by atoms with Gasteiger partial charge in [-0.2, -0.15) is 0 Å². The van der Waals surface area contributed by atoms with Crippen LogP contribution < -0.4 is 0 Å². The molecule has 2 rings (SSSR count). The van der Waals surface area contributed by atoms with Crippen molar-refractivity contribution in [2.45, 2.75) is 63.5 Å². The minimum absolute atomic E-state index is 0.991. The summed E-state index contributed by atoms with van der Waals surface area (Å²) in [7, 11) is 1.48. The van der Waals surface area contributed by atoms with Gasteiger partial charge in [0.15, 0.2) is 0 Å². The average Bonchev–Trinajstić information content (AvgIpc) is 2.51. The van der Waals surface area contributed by atoms with Crippen molar-refractivity contribution < 1.29 is 8.85 Å². The van der Waals surface area contributed by atoms with Crippen LogP contribution in [0.2, 0.25) is 12.1 Å². The van der Waals surface area contributed by atoms with Gasteiger partial charge in [0.2, 0.25) is 0 Å². The van der Waals surface area contributed by atoms with Gasteiger partial charge < -0.3 is 8.85 Å². The highest BCUT2D eigenvalue weighted by Crippen LogP contribution is 2.31. The van der Waals surface area contributed by atoms with Crippen LogP contribution in [0.3, 0.4) is 0 Å². The molecule has 0 heterocycles. The lowest BCUT2D eigenvalue weighted by Gasteiger charge is -2.30. The molecular formula is C20H32O2Si. The van der Waals surface area contributed by atoms with Gasteiger partial charge >= 0.3 is 8.56 Å². The largest absolute Gasteiger partial charge is 0.397 e. The molecule has 2 nitrogen and oxygen atoms in total. The van der Waals surface area contributed by atoms with Crippen molar-refractivity contribution in [2.75, 3.05) is 14.2 Å². The maximum absolute atomic E-state index is 6.02. The first-order valence-corrected chi connectivity index (χ1v) is 11.3. The summed E-state index contributed by atoms with van der Waals surface area (Å²) < 4.78 is 12.0. The fourth-order valence-electron chi connectivity index (χ4n) is 3.42. The van der Waals surface area contributed by atoms with Crippen LogP contribution in [0.5, 0.6) is 0 Å². The molecule has 0 saturated carbocycles. The van der Waals surface area contributed by atoms with Gasteiger partial charge in [0.25, 0.3) is 0 Å². The topological polar surface area (TPSA) is 18.5 Å². The first-order valence-electron chi connectivity index (χ1n) is 9.07. The van der Waals surface area contributed by atoms with Gasteiger partial charge in [-0.1, -0.05) is 47.6 Å². The molecule has 0 unspecified atom stereocenters. The highest BCUT2D eigenvalue weighted by molar-refractivity contribution is 6.68. The Morgan fingerprint density at radius 1 is 0.783 bits per heavy atom. The fraction of sp³-hybridized carbons (Fsp3) is 0.600. The molecular weight excluding hydrogens is 300 g/mol. The second kappa shape index (κ2) is 10.1. The van der Waals surface area contributed by atoms with Crippen molar-refractivity contribution in [3.8, 4) is 0 Å².